The summed E-state index contributed by atoms with van der Waals surface area (Å²) in [7, 11) is 0. The molecule has 1 N–H and O–H groups in total. The van der Waals surface area contributed by atoms with Gasteiger partial charge in [-0.15, -0.1) is 0 Å². The Bertz CT molecular complexity index is 647. The molecular formula is C17H21NO2. The molecule has 0 amide bonds. The molecule has 3 heteroatoms. The lowest BCUT2D eigenvalue weighted by Gasteiger charge is -2.36. The van der Waals surface area contributed by atoms with Crippen LogP contribution in [-0.2, 0) is 5.60 Å². The smallest absolute Gasteiger partial charge is 0.139 e. The first-order chi connectivity index (χ1) is 9.67. The molecule has 106 valence electrons. The normalized spacial score (nSPS) is 30.8. The van der Waals surface area contributed by atoms with Crippen LogP contribution >= 0.6 is 0 Å². The molecule has 2 unspecified atom stereocenters. The van der Waals surface area contributed by atoms with Crippen LogP contribution in [0.1, 0.15) is 37.0 Å². The second kappa shape index (κ2) is 4.34. The lowest BCUT2D eigenvalue weighted by molar-refractivity contribution is -0.0293. The summed E-state index contributed by atoms with van der Waals surface area (Å²) in [6.07, 6.45) is 4.33. The van der Waals surface area contributed by atoms with Crippen molar-refractivity contribution >= 4 is 11.0 Å². The maximum Gasteiger partial charge on any atom is 0.139 e. The molecule has 20 heavy (non-hydrogen) atoms. The first-order valence-electron chi connectivity index (χ1n) is 7.64. The predicted molar refractivity (Wildman–Crippen MR) is 78.7 cm³/mol. The minimum absolute atomic E-state index is 0.234. The van der Waals surface area contributed by atoms with Crippen molar-refractivity contribution in [2.75, 3.05) is 13.1 Å². The quantitative estimate of drug-likeness (QED) is 0.865. The summed E-state index contributed by atoms with van der Waals surface area (Å²) in [6, 6.07) is 8.46. The standard InChI is InChI=1S/C17H21NO2/c1-12-5-6-14-13(10-12)11-16(20-14)17(19)7-9-18-8-3-2-4-15(17)18/h5-6,10-11,15,19H,2-4,7-9H2,1H3. The van der Waals surface area contributed by atoms with E-state index in [-0.39, 0.29) is 6.04 Å². The van der Waals surface area contributed by atoms with Crippen LogP contribution in [0.2, 0.25) is 0 Å². The average Bonchev–Trinajstić information content (AvgIpc) is 3.02. The number of furan rings is 1. The molecular weight excluding hydrogens is 250 g/mol. The van der Waals surface area contributed by atoms with Gasteiger partial charge in [-0.1, -0.05) is 18.1 Å². The predicted octanol–water partition coefficient (Wildman–Crippen LogP) is 3.19. The number of piperidine rings is 1. The highest BCUT2D eigenvalue weighted by Gasteiger charge is 2.49. The molecule has 0 radical (unpaired) electrons. The van der Waals surface area contributed by atoms with Crippen molar-refractivity contribution in [3.05, 3.63) is 35.6 Å². The van der Waals surface area contributed by atoms with E-state index in [1.54, 1.807) is 0 Å². The average molecular weight is 271 g/mol. The number of aliphatic hydroxyl groups is 1. The van der Waals surface area contributed by atoms with Gasteiger partial charge in [0.25, 0.3) is 0 Å². The summed E-state index contributed by atoms with van der Waals surface area (Å²) >= 11 is 0. The monoisotopic (exact) mass is 271 g/mol. The van der Waals surface area contributed by atoms with E-state index in [9.17, 15) is 5.11 Å². The van der Waals surface area contributed by atoms with Crippen LogP contribution in [-0.4, -0.2) is 29.1 Å². The van der Waals surface area contributed by atoms with Crippen molar-refractivity contribution in [1.82, 2.24) is 4.90 Å². The van der Waals surface area contributed by atoms with E-state index in [1.807, 2.05) is 12.1 Å². The van der Waals surface area contributed by atoms with Crippen LogP contribution < -0.4 is 0 Å². The molecule has 0 saturated carbocycles. The lowest BCUT2D eigenvalue weighted by Crippen LogP contribution is -2.44. The number of hydrogen-bond donors (Lipinski definition) is 1. The van der Waals surface area contributed by atoms with Crippen molar-refractivity contribution in [3.8, 4) is 0 Å². The fourth-order valence-electron chi connectivity index (χ4n) is 3.94. The van der Waals surface area contributed by atoms with Crippen LogP contribution in [0.4, 0.5) is 0 Å². The van der Waals surface area contributed by atoms with Crippen LogP contribution in [0.15, 0.2) is 28.7 Å². The Balaban J connectivity index is 1.77. The number of aryl methyl sites for hydroxylation is 1. The molecule has 2 atom stereocenters. The van der Waals surface area contributed by atoms with E-state index in [4.69, 9.17) is 4.42 Å². The molecule has 3 nitrogen and oxygen atoms in total. The summed E-state index contributed by atoms with van der Waals surface area (Å²) in [5.74, 6) is 0.757. The Morgan fingerprint density at radius 1 is 1.25 bits per heavy atom. The molecule has 1 aromatic heterocycles. The minimum Gasteiger partial charge on any atom is -0.458 e. The van der Waals surface area contributed by atoms with Gasteiger partial charge in [-0.25, -0.2) is 0 Å². The molecule has 4 rings (SSSR count). The Kier molecular flexibility index (Phi) is 2.69. The lowest BCUT2D eigenvalue weighted by atomic mass is 9.86. The zero-order valence-electron chi connectivity index (χ0n) is 11.9. The molecule has 0 bridgehead atoms. The van der Waals surface area contributed by atoms with Gasteiger partial charge in [0.2, 0.25) is 0 Å². The van der Waals surface area contributed by atoms with Crippen LogP contribution in [0.25, 0.3) is 11.0 Å². The van der Waals surface area contributed by atoms with Crippen LogP contribution in [0.5, 0.6) is 0 Å². The van der Waals surface area contributed by atoms with Crippen molar-refractivity contribution in [1.29, 1.82) is 0 Å². The van der Waals surface area contributed by atoms with E-state index in [2.05, 4.69) is 24.0 Å². The Morgan fingerprint density at radius 2 is 2.15 bits per heavy atom. The molecule has 2 aliphatic heterocycles. The van der Waals surface area contributed by atoms with Crippen LogP contribution in [0.3, 0.4) is 0 Å². The van der Waals surface area contributed by atoms with Crippen molar-refractivity contribution < 1.29 is 9.52 Å². The second-order valence-corrected chi connectivity index (χ2v) is 6.37. The highest BCUT2D eigenvalue weighted by Crippen LogP contribution is 2.43. The maximum absolute atomic E-state index is 11.2. The zero-order chi connectivity index (χ0) is 13.7. The second-order valence-electron chi connectivity index (χ2n) is 6.37. The molecule has 1 aromatic carbocycles. The highest BCUT2D eigenvalue weighted by molar-refractivity contribution is 5.79. The van der Waals surface area contributed by atoms with E-state index in [0.717, 1.165) is 42.7 Å². The van der Waals surface area contributed by atoms with Gasteiger partial charge in [0.1, 0.15) is 16.9 Å². The Labute approximate surface area is 119 Å². The van der Waals surface area contributed by atoms with Crippen molar-refractivity contribution in [2.24, 2.45) is 0 Å². The number of fused-ring (bicyclic) bond motifs is 2. The van der Waals surface area contributed by atoms with E-state index in [0.29, 0.717) is 0 Å². The highest BCUT2D eigenvalue weighted by atomic mass is 16.4. The largest absolute Gasteiger partial charge is 0.458 e. The summed E-state index contributed by atoms with van der Waals surface area (Å²) in [5, 5.41) is 12.3. The Hall–Kier alpha value is -1.32. The molecule has 2 aromatic rings. The third-order valence-corrected chi connectivity index (χ3v) is 5.04. The number of benzene rings is 1. The van der Waals surface area contributed by atoms with Crippen LogP contribution in [0, 0.1) is 6.92 Å². The molecule has 0 aliphatic carbocycles. The van der Waals surface area contributed by atoms with E-state index < -0.39 is 5.60 Å². The van der Waals surface area contributed by atoms with Gasteiger partial charge >= 0.3 is 0 Å². The van der Waals surface area contributed by atoms with Gasteiger partial charge in [0.15, 0.2) is 0 Å². The third kappa shape index (κ3) is 1.73. The maximum atomic E-state index is 11.2. The SMILES string of the molecule is Cc1ccc2oc(C3(O)CCN4CCCCC43)cc2c1. The molecule has 3 heterocycles. The molecule has 0 spiro atoms. The van der Waals surface area contributed by atoms with E-state index >= 15 is 0 Å². The topological polar surface area (TPSA) is 36.6 Å². The van der Waals surface area contributed by atoms with E-state index in [1.165, 1.54) is 18.4 Å². The molecule has 2 fully saturated rings. The number of hydrogen-bond acceptors (Lipinski definition) is 3. The third-order valence-electron chi connectivity index (χ3n) is 5.04. The first-order valence-corrected chi connectivity index (χ1v) is 7.64. The fourth-order valence-corrected chi connectivity index (χ4v) is 3.94. The van der Waals surface area contributed by atoms with Gasteiger partial charge in [-0.2, -0.15) is 0 Å². The van der Waals surface area contributed by atoms with Gasteiger partial charge in [-0.3, -0.25) is 4.90 Å². The van der Waals surface area contributed by atoms with Crippen molar-refractivity contribution in [2.45, 2.75) is 44.2 Å². The summed E-state index contributed by atoms with van der Waals surface area (Å²) in [6.45, 7) is 4.18. The molecule has 2 aliphatic rings. The van der Waals surface area contributed by atoms with Gasteiger partial charge < -0.3 is 9.52 Å². The van der Waals surface area contributed by atoms with Gasteiger partial charge in [-0.05, 0) is 50.9 Å². The summed E-state index contributed by atoms with van der Waals surface area (Å²) in [4.78, 5) is 2.43. The zero-order valence-corrected chi connectivity index (χ0v) is 11.9. The summed E-state index contributed by atoms with van der Waals surface area (Å²) < 4.78 is 5.98. The Morgan fingerprint density at radius 3 is 3.05 bits per heavy atom. The van der Waals surface area contributed by atoms with Gasteiger partial charge in [0, 0.05) is 18.0 Å². The minimum atomic E-state index is -0.798. The van der Waals surface area contributed by atoms with Gasteiger partial charge in [0.05, 0.1) is 0 Å². The fraction of sp³-hybridized carbons (Fsp3) is 0.529. The molecule has 2 saturated heterocycles. The summed E-state index contributed by atoms with van der Waals surface area (Å²) in [5.41, 5.74) is 1.31. The number of nitrogens with zero attached hydrogens (tertiary/aromatic N) is 1. The first kappa shape index (κ1) is 12.4. The number of rotatable bonds is 1. The van der Waals surface area contributed by atoms with Crippen molar-refractivity contribution in [3.63, 3.8) is 0 Å².